The molecule has 0 saturated carbocycles. The molecule has 4 heteroatoms. The molecular weight excluding hydrogens is 270 g/mol. The van der Waals surface area contributed by atoms with Gasteiger partial charge >= 0.3 is 0 Å². The fourth-order valence-corrected chi connectivity index (χ4v) is 3.03. The van der Waals surface area contributed by atoms with Gasteiger partial charge < -0.3 is 5.32 Å². The summed E-state index contributed by atoms with van der Waals surface area (Å²) in [5.74, 6) is -0.317. The van der Waals surface area contributed by atoms with E-state index in [9.17, 15) is 8.78 Å². The van der Waals surface area contributed by atoms with Crippen molar-refractivity contribution in [2.75, 3.05) is 13.1 Å². The molecule has 0 bridgehead atoms. The van der Waals surface area contributed by atoms with Crippen LogP contribution in [0, 0.1) is 17.6 Å². The van der Waals surface area contributed by atoms with E-state index in [2.05, 4.69) is 31.0 Å². The van der Waals surface area contributed by atoms with Crippen LogP contribution in [0.4, 0.5) is 8.78 Å². The van der Waals surface area contributed by atoms with Crippen LogP contribution >= 0.6 is 0 Å². The predicted octanol–water partition coefficient (Wildman–Crippen LogP) is 3.56. The molecule has 118 valence electrons. The minimum Gasteiger partial charge on any atom is -0.311 e. The first-order chi connectivity index (χ1) is 10.1. The van der Waals surface area contributed by atoms with Gasteiger partial charge in [-0.25, -0.2) is 8.78 Å². The molecule has 0 aliphatic carbocycles. The lowest BCUT2D eigenvalue weighted by Crippen LogP contribution is -2.57. The third kappa shape index (κ3) is 3.80. The van der Waals surface area contributed by atoms with E-state index in [0.717, 1.165) is 25.9 Å². The van der Waals surface area contributed by atoms with Gasteiger partial charge in [0.15, 0.2) is 0 Å². The molecule has 2 nitrogen and oxygen atoms in total. The smallest absolute Gasteiger partial charge is 0.130 e. The Balaban J connectivity index is 2.14. The molecule has 1 aromatic rings. The second kappa shape index (κ2) is 7.32. The molecule has 1 heterocycles. The molecule has 3 atom stereocenters. The molecule has 3 unspecified atom stereocenters. The molecule has 0 spiro atoms. The van der Waals surface area contributed by atoms with Gasteiger partial charge in [0, 0.05) is 37.3 Å². The molecule has 1 saturated heterocycles. The predicted molar refractivity (Wildman–Crippen MR) is 82.1 cm³/mol. The van der Waals surface area contributed by atoms with Crippen LogP contribution in [0.5, 0.6) is 0 Å². The van der Waals surface area contributed by atoms with Gasteiger partial charge in [0.25, 0.3) is 0 Å². The van der Waals surface area contributed by atoms with Crippen molar-refractivity contribution in [1.82, 2.24) is 10.2 Å². The second-order valence-corrected chi connectivity index (χ2v) is 6.09. The maximum absolute atomic E-state index is 13.9. The van der Waals surface area contributed by atoms with Crippen molar-refractivity contribution in [2.24, 2.45) is 5.92 Å². The Morgan fingerprint density at radius 2 is 1.95 bits per heavy atom. The van der Waals surface area contributed by atoms with Crippen molar-refractivity contribution in [3.63, 3.8) is 0 Å². The van der Waals surface area contributed by atoms with Crippen molar-refractivity contribution in [1.29, 1.82) is 0 Å². The number of nitrogens with one attached hydrogen (secondary N) is 1. The van der Waals surface area contributed by atoms with Crippen LogP contribution in [0.3, 0.4) is 0 Å². The highest BCUT2D eigenvalue weighted by atomic mass is 19.1. The minimum absolute atomic E-state index is 0.195. The lowest BCUT2D eigenvalue weighted by atomic mass is 9.94. The molecule has 1 aromatic carbocycles. The topological polar surface area (TPSA) is 15.3 Å². The Bertz CT molecular complexity index is 444. The maximum atomic E-state index is 13.9. The van der Waals surface area contributed by atoms with E-state index in [0.29, 0.717) is 24.5 Å². The van der Waals surface area contributed by atoms with Crippen molar-refractivity contribution in [3.8, 4) is 0 Å². The molecule has 21 heavy (non-hydrogen) atoms. The molecule has 0 amide bonds. The maximum Gasteiger partial charge on any atom is 0.130 e. The quantitative estimate of drug-likeness (QED) is 0.893. The van der Waals surface area contributed by atoms with Crippen molar-refractivity contribution in [3.05, 3.63) is 35.4 Å². The average molecular weight is 296 g/mol. The Morgan fingerprint density at radius 3 is 2.52 bits per heavy atom. The van der Waals surface area contributed by atoms with E-state index < -0.39 is 11.6 Å². The van der Waals surface area contributed by atoms with E-state index in [-0.39, 0.29) is 5.56 Å². The molecule has 1 aliphatic rings. The Hall–Kier alpha value is -1.00. The van der Waals surface area contributed by atoms with Gasteiger partial charge in [-0.2, -0.15) is 0 Å². The summed E-state index contributed by atoms with van der Waals surface area (Å²) in [7, 11) is 0. The highest BCUT2D eigenvalue weighted by molar-refractivity contribution is 5.19. The summed E-state index contributed by atoms with van der Waals surface area (Å²) in [6, 6.07) is 4.84. The van der Waals surface area contributed by atoms with Gasteiger partial charge in [0.1, 0.15) is 11.6 Å². The third-order valence-electron chi connectivity index (χ3n) is 4.79. The van der Waals surface area contributed by atoms with Gasteiger partial charge in [-0.05, 0) is 24.5 Å². The standard InChI is InChI=1S/C17H26F2N2/c1-4-12(3)17-11-21(13(5-2)9-20-17)10-14-15(18)7-6-8-16(14)19/h6-8,12-13,17,20H,4-5,9-11H2,1-3H3. The summed E-state index contributed by atoms with van der Waals surface area (Å²) in [5, 5.41) is 3.59. The van der Waals surface area contributed by atoms with Crippen LogP contribution in [0.25, 0.3) is 0 Å². The fraction of sp³-hybridized carbons (Fsp3) is 0.647. The summed E-state index contributed by atoms with van der Waals surface area (Å²) in [5.41, 5.74) is 0.195. The lowest BCUT2D eigenvalue weighted by molar-refractivity contribution is 0.0970. The van der Waals surface area contributed by atoms with Crippen LogP contribution < -0.4 is 5.32 Å². The normalized spacial score (nSPS) is 25.0. The number of hydrogen-bond donors (Lipinski definition) is 1. The molecule has 1 aliphatic heterocycles. The van der Waals surface area contributed by atoms with E-state index in [1.54, 1.807) is 0 Å². The molecule has 0 radical (unpaired) electrons. The van der Waals surface area contributed by atoms with Gasteiger partial charge in [0.05, 0.1) is 0 Å². The molecular formula is C17H26F2N2. The SMILES string of the molecule is CCC(C)C1CN(Cc2c(F)cccc2F)C(CC)CN1. The van der Waals surface area contributed by atoms with E-state index in [1.165, 1.54) is 18.2 Å². The van der Waals surface area contributed by atoms with Crippen molar-refractivity contribution < 1.29 is 8.78 Å². The summed E-state index contributed by atoms with van der Waals surface area (Å²) in [6.45, 7) is 8.63. The van der Waals surface area contributed by atoms with Gasteiger partial charge in [-0.15, -0.1) is 0 Å². The van der Waals surface area contributed by atoms with Gasteiger partial charge in [0.2, 0.25) is 0 Å². The minimum atomic E-state index is -0.441. The zero-order valence-corrected chi connectivity index (χ0v) is 13.2. The van der Waals surface area contributed by atoms with Crippen LogP contribution in [0.15, 0.2) is 18.2 Å². The Kier molecular flexibility index (Phi) is 5.71. The zero-order chi connectivity index (χ0) is 15.4. The van der Waals surface area contributed by atoms with Crippen molar-refractivity contribution >= 4 is 0 Å². The van der Waals surface area contributed by atoms with Crippen LogP contribution in [0.2, 0.25) is 0 Å². The number of rotatable bonds is 5. The summed E-state index contributed by atoms with van der Waals surface area (Å²) >= 11 is 0. The highest BCUT2D eigenvalue weighted by Crippen LogP contribution is 2.22. The highest BCUT2D eigenvalue weighted by Gasteiger charge is 2.30. The largest absolute Gasteiger partial charge is 0.311 e. The Labute approximate surface area is 126 Å². The molecule has 1 N–H and O–H groups in total. The van der Waals surface area contributed by atoms with Crippen molar-refractivity contribution in [2.45, 2.75) is 52.2 Å². The number of benzene rings is 1. The summed E-state index contributed by atoms with van der Waals surface area (Å²) < 4.78 is 27.8. The summed E-state index contributed by atoms with van der Waals surface area (Å²) in [4.78, 5) is 2.23. The van der Waals surface area contributed by atoms with Crippen LogP contribution in [-0.4, -0.2) is 30.1 Å². The second-order valence-electron chi connectivity index (χ2n) is 6.09. The van der Waals surface area contributed by atoms with Crippen LogP contribution in [0.1, 0.15) is 39.2 Å². The first-order valence-electron chi connectivity index (χ1n) is 7.97. The number of halogens is 2. The molecule has 2 rings (SSSR count). The number of hydrogen-bond acceptors (Lipinski definition) is 2. The lowest BCUT2D eigenvalue weighted by Gasteiger charge is -2.42. The first-order valence-corrected chi connectivity index (χ1v) is 7.97. The average Bonchev–Trinajstić information content (AvgIpc) is 2.50. The zero-order valence-electron chi connectivity index (χ0n) is 13.2. The first kappa shape index (κ1) is 16.4. The van der Waals surface area contributed by atoms with Crippen LogP contribution in [-0.2, 0) is 6.54 Å². The van der Waals surface area contributed by atoms with E-state index >= 15 is 0 Å². The molecule has 1 fully saturated rings. The number of nitrogens with zero attached hydrogens (tertiary/aromatic N) is 1. The van der Waals surface area contributed by atoms with Gasteiger partial charge in [-0.3, -0.25) is 4.90 Å². The molecule has 0 aromatic heterocycles. The van der Waals surface area contributed by atoms with Gasteiger partial charge in [-0.1, -0.05) is 33.3 Å². The fourth-order valence-electron chi connectivity index (χ4n) is 3.03. The Morgan fingerprint density at radius 1 is 1.29 bits per heavy atom. The van der Waals surface area contributed by atoms with E-state index in [1.807, 2.05) is 0 Å². The monoisotopic (exact) mass is 296 g/mol. The third-order valence-corrected chi connectivity index (χ3v) is 4.79. The summed E-state index contributed by atoms with van der Waals surface area (Å²) in [6.07, 6.45) is 2.09. The number of piperazine rings is 1. The van der Waals surface area contributed by atoms with E-state index in [4.69, 9.17) is 0 Å².